The second-order valence-corrected chi connectivity index (χ2v) is 5.78. The maximum absolute atomic E-state index is 10.9. The van der Waals surface area contributed by atoms with Crippen LogP contribution < -0.4 is 10.2 Å². The first-order valence-corrected chi connectivity index (χ1v) is 8.37. The molecule has 146 valence electrons. The van der Waals surface area contributed by atoms with Crippen molar-refractivity contribution in [3.8, 4) is 5.75 Å². The molecule has 0 fully saturated rings. The molecule has 29 heavy (non-hydrogen) atoms. The van der Waals surface area contributed by atoms with E-state index in [9.17, 15) is 20.2 Å². The number of nitro benzene ring substituents is 1. The Morgan fingerprint density at radius 3 is 2.38 bits per heavy atom. The van der Waals surface area contributed by atoms with Crippen molar-refractivity contribution in [2.24, 2.45) is 5.10 Å². The molecule has 10 heteroatoms. The van der Waals surface area contributed by atoms with Crippen LogP contribution in [-0.4, -0.2) is 21.0 Å². The van der Waals surface area contributed by atoms with Gasteiger partial charge in [0, 0.05) is 24.4 Å². The fraction of sp³-hybridized carbons (Fsp3) is 0.0526. The highest BCUT2D eigenvalue weighted by atomic mass is 16.6. The fourth-order valence-corrected chi connectivity index (χ4v) is 2.33. The number of ether oxygens (including phenoxy) is 1. The van der Waals surface area contributed by atoms with Gasteiger partial charge in [0.05, 0.1) is 16.1 Å². The molecule has 0 saturated carbocycles. The second kappa shape index (κ2) is 9.04. The number of rotatable bonds is 8. The molecule has 0 aliphatic rings. The minimum Gasteiger partial charge on any atom is -0.489 e. The van der Waals surface area contributed by atoms with Crippen LogP contribution >= 0.6 is 0 Å². The molecule has 0 aliphatic heterocycles. The highest BCUT2D eigenvalue weighted by molar-refractivity contribution is 5.80. The molecular weight excluding hydrogens is 378 g/mol. The molecule has 0 saturated heterocycles. The number of non-ortho nitro benzene ring substituents is 1. The third-order valence-electron chi connectivity index (χ3n) is 3.80. The van der Waals surface area contributed by atoms with Crippen LogP contribution in [0.4, 0.5) is 17.2 Å². The smallest absolute Gasteiger partial charge is 0.313 e. The van der Waals surface area contributed by atoms with Crippen LogP contribution in [0.2, 0.25) is 0 Å². The first-order valence-electron chi connectivity index (χ1n) is 8.37. The number of hydrogen-bond acceptors (Lipinski definition) is 8. The molecule has 10 nitrogen and oxygen atoms in total. The minimum atomic E-state index is -0.540. The minimum absolute atomic E-state index is 0.0297. The summed E-state index contributed by atoms with van der Waals surface area (Å²) in [6.45, 7) is 0.274. The predicted molar refractivity (Wildman–Crippen MR) is 106 cm³/mol. The van der Waals surface area contributed by atoms with Gasteiger partial charge in [0.2, 0.25) is 5.82 Å². The molecule has 3 rings (SSSR count). The zero-order valence-corrected chi connectivity index (χ0v) is 15.0. The molecule has 0 spiro atoms. The molecule has 0 unspecified atom stereocenters. The second-order valence-electron chi connectivity index (χ2n) is 5.78. The van der Waals surface area contributed by atoms with E-state index in [-0.39, 0.29) is 23.8 Å². The fourth-order valence-electron chi connectivity index (χ4n) is 2.33. The molecule has 1 aromatic heterocycles. The van der Waals surface area contributed by atoms with Gasteiger partial charge in [0.1, 0.15) is 12.4 Å². The van der Waals surface area contributed by atoms with Crippen molar-refractivity contribution in [1.82, 2.24) is 4.98 Å². The zero-order chi connectivity index (χ0) is 20.6. The number of nitrogens with zero attached hydrogens (tertiary/aromatic N) is 4. The van der Waals surface area contributed by atoms with Crippen LogP contribution in [0.25, 0.3) is 0 Å². The van der Waals surface area contributed by atoms with Crippen LogP contribution in [0, 0.1) is 20.2 Å². The van der Waals surface area contributed by atoms with E-state index in [1.165, 1.54) is 36.7 Å². The molecular formula is C19H15N5O5. The number of hydrazone groups is 1. The van der Waals surface area contributed by atoms with E-state index >= 15 is 0 Å². The van der Waals surface area contributed by atoms with Crippen molar-refractivity contribution < 1.29 is 14.6 Å². The third kappa shape index (κ3) is 5.32. The van der Waals surface area contributed by atoms with E-state index in [4.69, 9.17) is 4.74 Å². The SMILES string of the molecule is O=[N+]([O-])c1ccc(COc2ccc(/C=N\Nc3ncccc3[N+](=O)[O-])cc2)cc1. The van der Waals surface area contributed by atoms with Crippen LogP contribution in [0.5, 0.6) is 5.75 Å². The van der Waals surface area contributed by atoms with E-state index < -0.39 is 9.85 Å². The number of anilines is 1. The van der Waals surface area contributed by atoms with Crippen molar-refractivity contribution in [3.05, 3.63) is 98.2 Å². The van der Waals surface area contributed by atoms with Crippen LogP contribution in [0.1, 0.15) is 11.1 Å². The summed E-state index contributed by atoms with van der Waals surface area (Å²) in [4.78, 5) is 24.5. The summed E-state index contributed by atoms with van der Waals surface area (Å²) in [5.41, 5.74) is 3.97. The molecule has 0 radical (unpaired) electrons. The first kappa shape index (κ1) is 19.4. The lowest BCUT2D eigenvalue weighted by Gasteiger charge is -2.06. The van der Waals surface area contributed by atoms with Gasteiger partial charge >= 0.3 is 5.69 Å². The van der Waals surface area contributed by atoms with Crippen LogP contribution in [-0.2, 0) is 6.61 Å². The van der Waals surface area contributed by atoms with E-state index in [0.717, 1.165) is 11.1 Å². The van der Waals surface area contributed by atoms with Crippen molar-refractivity contribution in [2.45, 2.75) is 6.61 Å². The predicted octanol–water partition coefficient (Wildman–Crippen LogP) is 3.92. The lowest BCUT2D eigenvalue weighted by Crippen LogP contribution is -1.99. The van der Waals surface area contributed by atoms with Gasteiger partial charge in [-0.3, -0.25) is 25.7 Å². The third-order valence-corrected chi connectivity index (χ3v) is 3.80. The quantitative estimate of drug-likeness (QED) is 0.348. The number of aromatic nitrogens is 1. The topological polar surface area (TPSA) is 133 Å². The van der Waals surface area contributed by atoms with Gasteiger partial charge in [-0.2, -0.15) is 5.10 Å². The molecule has 3 aromatic rings. The van der Waals surface area contributed by atoms with Gasteiger partial charge in [-0.25, -0.2) is 4.98 Å². The Hall–Kier alpha value is -4.34. The van der Waals surface area contributed by atoms with Gasteiger partial charge in [0.15, 0.2) is 0 Å². The Morgan fingerprint density at radius 2 is 1.72 bits per heavy atom. The van der Waals surface area contributed by atoms with Crippen molar-refractivity contribution in [3.63, 3.8) is 0 Å². The van der Waals surface area contributed by atoms with Crippen molar-refractivity contribution in [1.29, 1.82) is 0 Å². The van der Waals surface area contributed by atoms with Gasteiger partial charge in [-0.15, -0.1) is 0 Å². The number of nitro groups is 2. The summed E-state index contributed by atoms with van der Waals surface area (Å²) in [6.07, 6.45) is 2.93. The average Bonchev–Trinajstić information content (AvgIpc) is 2.73. The highest BCUT2D eigenvalue weighted by Gasteiger charge is 2.12. The lowest BCUT2D eigenvalue weighted by molar-refractivity contribution is -0.384. The van der Waals surface area contributed by atoms with E-state index in [1.54, 1.807) is 36.4 Å². The molecule has 1 N–H and O–H groups in total. The van der Waals surface area contributed by atoms with Gasteiger partial charge < -0.3 is 4.74 Å². The van der Waals surface area contributed by atoms with Crippen LogP contribution in [0.3, 0.4) is 0 Å². The summed E-state index contributed by atoms with van der Waals surface area (Å²) in [7, 11) is 0. The summed E-state index contributed by atoms with van der Waals surface area (Å²) in [5.74, 6) is 0.672. The summed E-state index contributed by atoms with van der Waals surface area (Å²) >= 11 is 0. The maximum atomic E-state index is 10.9. The summed E-state index contributed by atoms with van der Waals surface area (Å²) < 4.78 is 5.65. The standard InChI is InChI=1S/C19H15N5O5/c25-23(26)16-7-3-15(4-8-16)13-29-17-9-5-14(6-10-17)12-21-22-19-18(24(27)28)2-1-11-20-19/h1-12H,13H2,(H,20,22)/b21-12-. The molecule has 0 atom stereocenters. The molecule has 2 aromatic carbocycles. The molecule has 0 bridgehead atoms. The summed E-state index contributed by atoms with van der Waals surface area (Å²) in [6, 6.07) is 16.0. The zero-order valence-electron chi connectivity index (χ0n) is 15.0. The number of pyridine rings is 1. The van der Waals surface area contributed by atoms with Crippen LogP contribution in [0.15, 0.2) is 72.0 Å². The number of hydrogen-bond donors (Lipinski definition) is 1. The van der Waals surface area contributed by atoms with Crippen molar-refractivity contribution in [2.75, 3.05) is 5.43 Å². The number of benzene rings is 2. The van der Waals surface area contributed by atoms with Gasteiger partial charge in [0.25, 0.3) is 5.69 Å². The first-order chi connectivity index (χ1) is 14.0. The highest BCUT2D eigenvalue weighted by Crippen LogP contribution is 2.20. The summed E-state index contributed by atoms with van der Waals surface area (Å²) in [5, 5.41) is 25.5. The molecule has 1 heterocycles. The lowest BCUT2D eigenvalue weighted by atomic mass is 10.2. The van der Waals surface area contributed by atoms with Gasteiger partial charge in [-0.1, -0.05) is 0 Å². The Bertz CT molecular complexity index is 1040. The number of nitrogens with one attached hydrogen (secondary N) is 1. The maximum Gasteiger partial charge on any atom is 0.313 e. The van der Waals surface area contributed by atoms with Crippen molar-refractivity contribution >= 4 is 23.4 Å². The Labute approximate surface area is 164 Å². The Morgan fingerprint density at radius 1 is 1.00 bits per heavy atom. The van der Waals surface area contributed by atoms with E-state index in [1.807, 2.05) is 0 Å². The van der Waals surface area contributed by atoms with E-state index in [2.05, 4.69) is 15.5 Å². The van der Waals surface area contributed by atoms with Gasteiger partial charge in [-0.05, 0) is 53.6 Å². The molecule has 0 amide bonds. The largest absolute Gasteiger partial charge is 0.489 e. The monoisotopic (exact) mass is 393 g/mol. The molecule has 0 aliphatic carbocycles. The Kier molecular flexibility index (Phi) is 6.05. The average molecular weight is 393 g/mol. The normalized spacial score (nSPS) is 10.6. The Balaban J connectivity index is 1.55. The van der Waals surface area contributed by atoms with E-state index in [0.29, 0.717) is 5.75 Å².